The molecule has 0 saturated carbocycles. The maximum absolute atomic E-state index is 9.64. The van der Waals surface area contributed by atoms with Gasteiger partial charge in [-0.15, -0.1) is 0 Å². The van der Waals surface area contributed by atoms with Crippen LogP contribution in [0.2, 0.25) is 0 Å². The molecule has 2 heteroatoms. The minimum absolute atomic E-state index is 0.0495. The van der Waals surface area contributed by atoms with Gasteiger partial charge in [0, 0.05) is 6.42 Å². The Morgan fingerprint density at radius 3 is 2.43 bits per heavy atom. The third-order valence-electron chi connectivity index (χ3n) is 4.51. The predicted octanol–water partition coefficient (Wildman–Crippen LogP) is 4.68. The smallest absolute Gasteiger partial charge is 0.132 e. The molecule has 1 aliphatic rings. The highest BCUT2D eigenvalue weighted by molar-refractivity contribution is 5.45. The summed E-state index contributed by atoms with van der Waals surface area (Å²) < 4.78 is 6.38. The first kappa shape index (κ1) is 14.0. The molecule has 1 N–H and O–H groups in total. The number of para-hydroxylation sites is 1. The SMILES string of the molecule is Cc1cc(O)ccc1C1(C)CC(C)(C)c2ccccc2O1. The number of phenolic OH excluding ortho intramolecular Hbond substituents is 1. The van der Waals surface area contributed by atoms with Crippen LogP contribution in [0.15, 0.2) is 42.5 Å². The number of hydrogen-bond acceptors (Lipinski definition) is 2. The highest BCUT2D eigenvalue weighted by Crippen LogP contribution is 2.49. The number of rotatable bonds is 1. The van der Waals surface area contributed by atoms with E-state index >= 15 is 0 Å². The zero-order chi connectivity index (χ0) is 15.3. The molecule has 1 atom stereocenters. The minimum atomic E-state index is -0.379. The molecular weight excluding hydrogens is 260 g/mol. The van der Waals surface area contributed by atoms with Gasteiger partial charge in [-0.25, -0.2) is 0 Å². The maximum Gasteiger partial charge on any atom is 0.132 e. The summed E-state index contributed by atoms with van der Waals surface area (Å²) in [6, 6.07) is 13.8. The summed E-state index contributed by atoms with van der Waals surface area (Å²) in [6.07, 6.45) is 0.905. The lowest BCUT2D eigenvalue weighted by molar-refractivity contribution is 0.0319. The summed E-state index contributed by atoms with van der Waals surface area (Å²) in [6.45, 7) is 8.70. The van der Waals surface area contributed by atoms with Crippen molar-refractivity contribution in [3.63, 3.8) is 0 Å². The second kappa shape index (κ2) is 4.52. The second-order valence-electron chi connectivity index (χ2n) is 6.89. The van der Waals surface area contributed by atoms with Crippen molar-refractivity contribution in [2.45, 2.75) is 45.1 Å². The van der Waals surface area contributed by atoms with E-state index in [2.05, 4.69) is 32.9 Å². The molecule has 2 aromatic carbocycles. The van der Waals surface area contributed by atoms with E-state index in [9.17, 15) is 5.11 Å². The van der Waals surface area contributed by atoms with Crippen LogP contribution in [0.4, 0.5) is 0 Å². The van der Waals surface area contributed by atoms with Crippen molar-refractivity contribution in [1.29, 1.82) is 0 Å². The molecule has 1 aliphatic heterocycles. The molecule has 0 aromatic heterocycles. The Labute approximate surface area is 126 Å². The molecule has 0 amide bonds. The number of hydrogen-bond donors (Lipinski definition) is 1. The fourth-order valence-corrected chi connectivity index (χ4v) is 3.72. The molecule has 0 radical (unpaired) electrons. The Bertz CT molecular complexity index is 688. The fraction of sp³-hybridized carbons (Fsp3) is 0.368. The van der Waals surface area contributed by atoms with Gasteiger partial charge in [-0.05, 0) is 54.2 Å². The summed E-state index contributed by atoms with van der Waals surface area (Å²) in [5, 5.41) is 9.64. The van der Waals surface area contributed by atoms with Crippen LogP contribution in [0.5, 0.6) is 11.5 Å². The Morgan fingerprint density at radius 1 is 1.00 bits per heavy atom. The Hall–Kier alpha value is -1.96. The minimum Gasteiger partial charge on any atom is -0.508 e. The number of phenols is 1. The number of aromatic hydroxyl groups is 1. The van der Waals surface area contributed by atoms with E-state index in [1.165, 1.54) is 5.56 Å². The normalized spacial score (nSPS) is 23.2. The summed E-state index contributed by atoms with van der Waals surface area (Å²) in [5.74, 6) is 1.26. The van der Waals surface area contributed by atoms with E-state index in [4.69, 9.17) is 4.74 Å². The van der Waals surface area contributed by atoms with E-state index in [0.29, 0.717) is 5.75 Å². The Kier molecular flexibility index (Phi) is 3.01. The molecule has 2 nitrogen and oxygen atoms in total. The van der Waals surface area contributed by atoms with E-state index in [0.717, 1.165) is 23.3 Å². The van der Waals surface area contributed by atoms with Gasteiger partial charge in [0.1, 0.15) is 17.1 Å². The van der Waals surface area contributed by atoms with Crippen LogP contribution in [-0.2, 0) is 11.0 Å². The molecule has 21 heavy (non-hydrogen) atoms. The molecule has 110 valence electrons. The van der Waals surface area contributed by atoms with Gasteiger partial charge in [0.05, 0.1) is 0 Å². The van der Waals surface area contributed by atoms with Gasteiger partial charge in [0.15, 0.2) is 0 Å². The first-order chi connectivity index (χ1) is 9.82. The van der Waals surface area contributed by atoms with Crippen molar-refractivity contribution < 1.29 is 9.84 Å². The van der Waals surface area contributed by atoms with Crippen molar-refractivity contribution in [1.82, 2.24) is 0 Å². The monoisotopic (exact) mass is 282 g/mol. The van der Waals surface area contributed by atoms with E-state index in [-0.39, 0.29) is 11.0 Å². The average Bonchev–Trinajstić information content (AvgIpc) is 2.37. The summed E-state index contributed by atoms with van der Waals surface area (Å²) in [4.78, 5) is 0. The third-order valence-corrected chi connectivity index (χ3v) is 4.51. The summed E-state index contributed by atoms with van der Waals surface area (Å²) >= 11 is 0. The first-order valence-electron chi connectivity index (χ1n) is 7.40. The molecule has 0 aliphatic carbocycles. The molecule has 0 saturated heterocycles. The first-order valence-corrected chi connectivity index (χ1v) is 7.40. The average molecular weight is 282 g/mol. The number of aryl methyl sites for hydroxylation is 1. The maximum atomic E-state index is 9.64. The topological polar surface area (TPSA) is 29.5 Å². The highest BCUT2D eigenvalue weighted by Gasteiger charge is 2.43. The highest BCUT2D eigenvalue weighted by atomic mass is 16.5. The van der Waals surface area contributed by atoms with Crippen LogP contribution in [0.3, 0.4) is 0 Å². The zero-order valence-electron chi connectivity index (χ0n) is 13.1. The van der Waals surface area contributed by atoms with Crippen LogP contribution < -0.4 is 4.74 Å². The third kappa shape index (κ3) is 2.29. The Morgan fingerprint density at radius 2 is 1.71 bits per heavy atom. The van der Waals surface area contributed by atoms with Gasteiger partial charge in [0.2, 0.25) is 0 Å². The van der Waals surface area contributed by atoms with Gasteiger partial charge in [0.25, 0.3) is 0 Å². The molecule has 0 bridgehead atoms. The van der Waals surface area contributed by atoms with Crippen molar-refractivity contribution in [3.8, 4) is 11.5 Å². The van der Waals surface area contributed by atoms with E-state index < -0.39 is 0 Å². The Balaban J connectivity index is 2.12. The largest absolute Gasteiger partial charge is 0.508 e. The lowest BCUT2D eigenvalue weighted by Crippen LogP contribution is -2.42. The lowest BCUT2D eigenvalue weighted by Gasteiger charge is -2.45. The van der Waals surface area contributed by atoms with Gasteiger partial charge < -0.3 is 9.84 Å². The second-order valence-corrected chi connectivity index (χ2v) is 6.89. The van der Waals surface area contributed by atoms with Crippen LogP contribution in [-0.4, -0.2) is 5.11 Å². The van der Waals surface area contributed by atoms with Crippen molar-refractivity contribution in [3.05, 3.63) is 59.2 Å². The lowest BCUT2D eigenvalue weighted by atomic mass is 9.70. The van der Waals surface area contributed by atoms with Gasteiger partial charge in [-0.3, -0.25) is 0 Å². The molecule has 3 rings (SSSR count). The number of benzene rings is 2. The van der Waals surface area contributed by atoms with Crippen molar-refractivity contribution in [2.24, 2.45) is 0 Å². The number of ether oxygens (including phenoxy) is 1. The zero-order valence-corrected chi connectivity index (χ0v) is 13.1. The molecule has 0 spiro atoms. The van der Waals surface area contributed by atoms with Gasteiger partial charge >= 0.3 is 0 Å². The van der Waals surface area contributed by atoms with Crippen LogP contribution in [0.1, 0.15) is 43.9 Å². The molecule has 2 aromatic rings. The molecule has 1 unspecified atom stereocenters. The molecule has 0 fully saturated rings. The van der Waals surface area contributed by atoms with Crippen LogP contribution in [0.25, 0.3) is 0 Å². The summed E-state index contributed by atoms with van der Waals surface area (Å²) in [7, 11) is 0. The predicted molar refractivity (Wildman–Crippen MR) is 84.9 cm³/mol. The van der Waals surface area contributed by atoms with E-state index in [1.54, 1.807) is 12.1 Å². The van der Waals surface area contributed by atoms with E-state index in [1.807, 2.05) is 25.1 Å². The van der Waals surface area contributed by atoms with Gasteiger partial charge in [-0.2, -0.15) is 0 Å². The molecule has 1 heterocycles. The molecular formula is C19H22O2. The van der Waals surface area contributed by atoms with Crippen LogP contribution >= 0.6 is 0 Å². The number of fused-ring (bicyclic) bond motifs is 1. The van der Waals surface area contributed by atoms with Crippen LogP contribution in [0, 0.1) is 6.92 Å². The van der Waals surface area contributed by atoms with Gasteiger partial charge in [-0.1, -0.05) is 38.1 Å². The van der Waals surface area contributed by atoms with Crippen molar-refractivity contribution in [2.75, 3.05) is 0 Å². The van der Waals surface area contributed by atoms with Crippen molar-refractivity contribution >= 4 is 0 Å². The quantitative estimate of drug-likeness (QED) is 0.823. The fourth-order valence-electron chi connectivity index (χ4n) is 3.72. The summed E-state index contributed by atoms with van der Waals surface area (Å²) in [5.41, 5.74) is 3.14. The standard InChI is InChI=1S/C19H22O2/c1-13-11-14(20)9-10-15(13)19(4)12-18(2,3)16-7-5-6-8-17(16)21-19/h5-11,20H,12H2,1-4H3.